The van der Waals surface area contributed by atoms with Gasteiger partial charge in [-0.2, -0.15) is 0 Å². The zero-order chi connectivity index (χ0) is 17.4. The molecule has 0 bridgehead atoms. The van der Waals surface area contributed by atoms with E-state index in [1.54, 1.807) is 42.2 Å². The molecular weight excluding hydrogens is 360 g/mol. The van der Waals surface area contributed by atoms with Crippen LogP contribution in [0.15, 0.2) is 41.4 Å². The summed E-state index contributed by atoms with van der Waals surface area (Å²) >= 11 is 7.49. The Labute approximate surface area is 152 Å². The van der Waals surface area contributed by atoms with Crippen molar-refractivity contribution >= 4 is 51.8 Å². The number of H-pyrrole nitrogens is 1. The summed E-state index contributed by atoms with van der Waals surface area (Å²) in [4.78, 5) is 32.5. The lowest BCUT2D eigenvalue weighted by atomic mass is 10.2. The number of carbonyl (C=O) groups excluding carboxylic acids is 2. The number of carbonyl (C=O) groups is 2. The van der Waals surface area contributed by atoms with E-state index in [1.165, 1.54) is 0 Å². The lowest BCUT2D eigenvalue weighted by Crippen LogP contribution is -2.24. The smallest absolute Gasteiger partial charge is 0.272 e. The molecule has 3 heterocycles. The van der Waals surface area contributed by atoms with E-state index in [0.29, 0.717) is 28.6 Å². The molecule has 0 aliphatic carbocycles. The molecule has 1 aliphatic heterocycles. The van der Waals surface area contributed by atoms with Crippen molar-refractivity contribution in [3.8, 4) is 0 Å². The van der Waals surface area contributed by atoms with Crippen LogP contribution in [0.4, 0.5) is 5.69 Å². The van der Waals surface area contributed by atoms with Crippen LogP contribution < -0.4 is 10.6 Å². The summed E-state index contributed by atoms with van der Waals surface area (Å²) in [6.07, 6.45) is 1.58. The zero-order valence-corrected chi connectivity index (χ0v) is 14.5. The molecule has 3 aromatic rings. The van der Waals surface area contributed by atoms with Gasteiger partial charge in [0, 0.05) is 28.3 Å². The average Bonchev–Trinajstić information content (AvgIpc) is 2.93. The first-order valence-corrected chi connectivity index (χ1v) is 8.97. The monoisotopic (exact) mass is 372 g/mol. The molecule has 1 aromatic carbocycles. The third-order valence-corrected chi connectivity index (χ3v) is 5.13. The van der Waals surface area contributed by atoms with Crippen molar-refractivity contribution < 1.29 is 9.59 Å². The standard InChI is InChI=1S/C17H13ClN4O2S/c18-15-6-9-5-12(22-13(9)8-20-15)17(24)21-10-1-2-14-11(7-10)16(23)19-3-4-25-14/h1-2,5-8,22H,3-4H2,(H,19,23)(H,21,24). The number of rotatable bonds is 2. The molecule has 2 amide bonds. The molecule has 0 unspecified atom stereocenters. The van der Waals surface area contributed by atoms with Gasteiger partial charge in [-0.15, -0.1) is 11.8 Å². The Morgan fingerprint density at radius 2 is 2.16 bits per heavy atom. The SMILES string of the molecule is O=C(Nc1ccc2c(c1)C(=O)NCCS2)c1cc2cc(Cl)ncc2[nH]1. The molecule has 126 valence electrons. The van der Waals surface area contributed by atoms with Gasteiger partial charge in [0.15, 0.2) is 0 Å². The highest BCUT2D eigenvalue weighted by molar-refractivity contribution is 7.99. The van der Waals surface area contributed by atoms with Crippen LogP contribution >= 0.6 is 23.4 Å². The maximum atomic E-state index is 12.5. The molecule has 0 saturated carbocycles. The van der Waals surface area contributed by atoms with Gasteiger partial charge >= 0.3 is 0 Å². The van der Waals surface area contributed by atoms with Gasteiger partial charge in [-0.1, -0.05) is 11.6 Å². The van der Waals surface area contributed by atoms with E-state index in [0.717, 1.165) is 21.6 Å². The number of fused-ring (bicyclic) bond motifs is 2. The molecule has 6 nitrogen and oxygen atoms in total. The predicted octanol–water partition coefficient (Wildman–Crippen LogP) is 3.30. The quantitative estimate of drug-likeness (QED) is 0.602. The predicted molar refractivity (Wildman–Crippen MR) is 98.6 cm³/mol. The Bertz CT molecular complexity index is 1000. The Hall–Kier alpha value is -2.51. The Morgan fingerprint density at radius 3 is 3.04 bits per heavy atom. The van der Waals surface area contributed by atoms with Gasteiger partial charge in [-0.25, -0.2) is 4.98 Å². The number of nitrogens with zero attached hydrogens (tertiary/aromatic N) is 1. The maximum absolute atomic E-state index is 12.5. The van der Waals surface area contributed by atoms with E-state index in [2.05, 4.69) is 20.6 Å². The van der Waals surface area contributed by atoms with Crippen molar-refractivity contribution in [3.05, 3.63) is 52.9 Å². The Morgan fingerprint density at radius 1 is 1.28 bits per heavy atom. The second-order valence-corrected chi connectivity index (χ2v) is 7.07. The fourth-order valence-corrected chi connectivity index (χ4v) is 3.72. The number of halogens is 1. The molecular formula is C17H13ClN4O2S. The van der Waals surface area contributed by atoms with E-state index >= 15 is 0 Å². The molecule has 0 radical (unpaired) electrons. The number of amides is 2. The zero-order valence-electron chi connectivity index (χ0n) is 12.9. The Kier molecular flexibility index (Phi) is 4.10. The van der Waals surface area contributed by atoms with E-state index in [-0.39, 0.29) is 11.8 Å². The number of anilines is 1. The number of thioether (sulfide) groups is 1. The molecule has 4 rings (SSSR count). The third-order valence-electron chi connectivity index (χ3n) is 3.84. The van der Waals surface area contributed by atoms with Crippen molar-refractivity contribution in [1.29, 1.82) is 0 Å². The largest absolute Gasteiger partial charge is 0.351 e. The first kappa shape index (κ1) is 16.0. The van der Waals surface area contributed by atoms with Crippen LogP contribution in [0.1, 0.15) is 20.8 Å². The fourth-order valence-electron chi connectivity index (χ4n) is 2.66. The summed E-state index contributed by atoms with van der Waals surface area (Å²) in [5, 5.41) is 6.83. The molecule has 0 spiro atoms. The number of benzene rings is 1. The number of nitrogens with one attached hydrogen (secondary N) is 3. The average molecular weight is 373 g/mol. The van der Waals surface area contributed by atoms with Crippen molar-refractivity contribution in [1.82, 2.24) is 15.3 Å². The van der Waals surface area contributed by atoms with Crippen molar-refractivity contribution in [3.63, 3.8) is 0 Å². The summed E-state index contributed by atoms with van der Waals surface area (Å²) in [5.41, 5.74) is 2.27. The summed E-state index contributed by atoms with van der Waals surface area (Å²) in [5.74, 6) is 0.409. The van der Waals surface area contributed by atoms with Gasteiger partial charge in [-0.05, 0) is 30.3 Å². The summed E-state index contributed by atoms with van der Waals surface area (Å²) < 4.78 is 0. The highest BCUT2D eigenvalue weighted by atomic mass is 35.5. The number of hydrogen-bond donors (Lipinski definition) is 3. The molecule has 0 fully saturated rings. The van der Waals surface area contributed by atoms with Gasteiger partial charge in [-0.3, -0.25) is 9.59 Å². The molecule has 3 N–H and O–H groups in total. The lowest BCUT2D eigenvalue weighted by molar-refractivity contribution is 0.0953. The van der Waals surface area contributed by atoms with E-state index in [4.69, 9.17) is 11.6 Å². The number of aromatic amines is 1. The molecule has 0 saturated heterocycles. The van der Waals surface area contributed by atoms with Crippen LogP contribution in [0.5, 0.6) is 0 Å². The van der Waals surface area contributed by atoms with Crippen LogP contribution in [0.25, 0.3) is 10.9 Å². The van der Waals surface area contributed by atoms with Crippen LogP contribution in [-0.2, 0) is 0 Å². The second-order valence-electron chi connectivity index (χ2n) is 5.55. The molecule has 8 heteroatoms. The molecule has 2 aromatic heterocycles. The van der Waals surface area contributed by atoms with Crippen LogP contribution in [0.2, 0.25) is 5.15 Å². The topological polar surface area (TPSA) is 86.9 Å². The summed E-state index contributed by atoms with van der Waals surface area (Å²) in [6, 6.07) is 8.75. The summed E-state index contributed by atoms with van der Waals surface area (Å²) in [6.45, 7) is 0.630. The number of hydrogen-bond acceptors (Lipinski definition) is 4. The van der Waals surface area contributed by atoms with Gasteiger partial charge in [0.25, 0.3) is 11.8 Å². The highest BCUT2D eigenvalue weighted by Gasteiger charge is 2.17. The lowest BCUT2D eigenvalue weighted by Gasteiger charge is -2.08. The van der Waals surface area contributed by atoms with E-state index in [9.17, 15) is 9.59 Å². The van der Waals surface area contributed by atoms with E-state index in [1.807, 2.05) is 6.07 Å². The normalized spacial score (nSPS) is 13.9. The van der Waals surface area contributed by atoms with E-state index < -0.39 is 0 Å². The fraction of sp³-hybridized carbons (Fsp3) is 0.118. The van der Waals surface area contributed by atoms with Crippen LogP contribution in [0.3, 0.4) is 0 Å². The minimum Gasteiger partial charge on any atom is -0.351 e. The van der Waals surface area contributed by atoms with Crippen LogP contribution in [-0.4, -0.2) is 34.1 Å². The van der Waals surface area contributed by atoms with Crippen molar-refractivity contribution in [2.24, 2.45) is 0 Å². The first-order valence-electron chi connectivity index (χ1n) is 7.61. The van der Waals surface area contributed by atoms with Crippen molar-refractivity contribution in [2.75, 3.05) is 17.6 Å². The highest BCUT2D eigenvalue weighted by Crippen LogP contribution is 2.27. The summed E-state index contributed by atoms with van der Waals surface area (Å²) in [7, 11) is 0. The molecule has 1 aliphatic rings. The number of aromatic nitrogens is 2. The first-order chi connectivity index (χ1) is 12.1. The maximum Gasteiger partial charge on any atom is 0.272 e. The van der Waals surface area contributed by atoms with Crippen LogP contribution in [0, 0.1) is 0 Å². The Balaban J connectivity index is 1.60. The molecule has 25 heavy (non-hydrogen) atoms. The van der Waals surface area contributed by atoms with Gasteiger partial charge in [0.2, 0.25) is 0 Å². The minimum absolute atomic E-state index is 0.123. The number of pyridine rings is 1. The van der Waals surface area contributed by atoms with Crippen molar-refractivity contribution in [2.45, 2.75) is 4.90 Å². The third kappa shape index (κ3) is 3.20. The minimum atomic E-state index is -0.297. The van der Waals surface area contributed by atoms with Gasteiger partial charge in [0.05, 0.1) is 17.3 Å². The van der Waals surface area contributed by atoms with Gasteiger partial charge < -0.3 is 15.6 Å². The molecule has 0 atom stereocenters. The second kappa shape index (κ2) is 6.42. The van der Waals surface area contributed by atoms with Gasteiger partial charge in [0.1, 0.15) is 10.8 Å².